The first kappa shape index (κ1) is 22.8. The number of nitro groups is 1. The fourth-order valence-electron chi connectivity index (χ4n) is 4.09. The van der Waals surface area contributed by atoms with Crippen molar-refractivity contribution in [1.29, 1.82) is 0 Å². The van der Waals surface area contributed by atoms with Crippen LogP contribution in [0.25, 0.3) is 5.69 Å². The Labute approximate surface area is 194 Å². The third-order valence-corrected chi connectivity index (χ3v) is 6.09. The Bertz CT molecular complexity index is 1170. The van der Waals surface area contributed by atoms with Gasteiger partial charge in [-0.25, -0.2) is 9.07 Å². The fraction of sp³-hybridized carbons (Fsp3) is 0.318. The molecule has 1 atom stereocenters. The van der Waals surface area contributed by atoms with E-state index in [-0.39, 0.29) is 17.9 Å². The number of carbonyl (C=O) groups is 1. The summed E-state index contributed by atoms with van der Waals surface area (Å²) in [7, 11) is 0. The molecular formula is C22H22ClFN6O3. The van der Waals surface area contributed by atoms with Crippen molar-refractivity contribution in [1.82, 2.24) is 25.2 Å². The normalized spacial score (nSPS) is 14.9. The molecule has 172 valence electrons. The molecule has 1 aliphatic rings. The number of amides is 1. The highest BCUT2D eigenvalue weighted by Crippen LogP contribution is 2.32. The van der Waals surface area contributed by atoms with E-state index in [2.05, 4.69) is 20.5 Å². The second-order valence-electron chi connectivity index (χ2n) is 7.82. The summed E-state index contributed by atoms with van der Waals surface area (Å²) in [6.07, 6.45) is 1.99. The topological polar surface area (TPSA) is 106 Å². The third kappa shape index (κ3) is 4.71. The summed E-state index contributed by atoms with van der Waals surface area (Å²) < 4.78 is 16.0. The van der Waals surface area contributed by atoms with Crippen LogP contribution in [0.1, 0.15) is 40.6 Å². The molecule has 1 fully saturated rings. The van der Waals surface area contributed by atoms with E-state index in [1.165, 1.54) is 28.9 Å². The quantitative estimate of drug-likeness (QED) is 0.413. The van der Waals surface area contributed by atoms with Crippen LogP contribution in [-0.4, -0.2) is 50.4 Å². The molecule has 1 unspecified atom stereocenters. The monoisotopic (exact) mass is 472 g/mol. The number of likely N-dealkylation sites (tertiary alicyclic amines) is 1. The number of halogens is 2. The number of rotatable bonds is 7. The minimum Gasteiger partial charge on any atom is -0.349 e. The van der Waals surface area contributed by atoms with Gasteiger partial charge in [-0.15, -0.1) is 5.10 Å². The van der Waals surface area contributed by atoms with Crippen molar-refractivity contribution in [3.63, 3.8) is 0 Å². The number of nitrogens with zero attached hydrogens (tertiary/aromatic N) is 5. The number of hydrogen-bond acceptors (Lipinski definition) is 6. The average molecular weight is 473 g/mol. The van der Waals surface area contributed by atoms with Crippen LogP contribution in [0.2, 0.25) is 5.02 Å². The van der Waals surface area contributed by atoms with Gasteiger partial charge in [0.15, 0.2) is 5.69 Å². The Kier molecular flexibility index (Phi) is 6.66. The molecule has 0 bridgehead atoms. The number of aromatic nitrogens is 3. The first-order chi connectivity index (χ1) is 15.9. The van der Waals surface area contributed by atoms with Gasteiger partial charge in [0.05, 0.1) is 22.3 Å². The van der Waals surface area contributed by atoms with Crippen LogP contribution < -0.4 is 5.32 Å². The molecule has 11 heteroatoms. The average Bonchev–Trinajstić information content (AvgIpc) is 3.45. The van der Waals surface area contributed by atoms with E-state index in [0.29, 0.717) is 22.0 Å². The third-order valence-electron chi connectivity index (χ3n) is 5.77. The lowest BCUT2D eigenvalue weighted by atomic mass is 10.0. The Balaban J connectivity index is 1.55. The fourth-order valence-corrected chi connectivity index (χ4v) is 4.38. The molecule has 2 heterocycles. The summed E-state index contributed by atoms with van der Waals surface area (Å²) in [5.74, 6) is -0.887. The lowest BCUT2D eigenvalue weighted by molar-refractivity contribution is -0.384. The molecule has 0 spiro atoms. The smallest absolute Gasteiger partial charge is 0.273 e. The van der Waals surface area contributed by atoms with Crippen molar-refractivity contribution >= 4 is 23.2 Å². The van der Waals surface area contributed by atoms with Gasteiger partial charge in [0, 0.05) is 29.3 Å². The summed E-state index contributed by atoms with van der Waals surface area (Å²) in [5.41, 5.74) is 1.19. The zero-order chi connectivity index (χ0) is 23.5. The van der Waals surface area contributed by atoms with Crippen molar-refractivity contribution < 1.29 is 14.1 Å². The number of nitrogens with one attached hydrogen (secondary N) is 1. The summed E-state index contributed by atoms with van der Waals surface area (Å²) in [5, 5.41) is 22.2. The molecule has 0 saturated carbocycles. The minimum absolute atomic E-state index is 0.0845. The molecular weight excluding hydrogens is 451 g/mol. The molecule has 1 aliphatic heterocycles. The van der Waals surface area contributed by atoms with Crippen molar-refractivity contribution in [2.24, 2.45) is 0 Å². The van der Waals surface area contributed by atoms with Crippen LogP contribution in [0.15, 0.2) is 42.5 Å². The minimum atomic E-state index is -0.504. The molecule has 1 amide bonds. The predicted octanol–water partition coefficient (Wildman–Crippen LogP) is 3.84. The van der Waals surface area contributed by atoms with E-state index in [1.807, 2.05) is 0 Å². The molecule has 2 aromatic carbocycles. The summed E-state index contributed by atoms with van der Waals surface area (Å²) in [6, 6.07) is 10.0. The summed E-state index contributed by atoms with van der Waals surface area (Å²) >= 11 is 6.31. The van der Waals surface area contributed by atoms with Gasteiger partial charge in [-0.3, -0.25) is 19.8 Å². The molecule has 4 rings (SSSR count). The van der Waals surface area contributed by atoms with Crippen LogP contribution in [0.3, 0.4) is 0 Å². The highest BCUT2D eigenvalue weighted by Gasteiger charge is 2.29. The van der Waals surface area contributed by atoms with E-state index in [4.69, 9.17) is 11.6 Å². The zero-order valence-corrected chi connectivity index (χ0v) is 18.6. The standard InChI is InChI=1S/C22H22ClFN6O3/c1-14-21(26-27-29(14)15-6-4-7-16(12-15)30(32)33)22(31)25-13-19(28-10-2-3-11-28)20-17(23)8-5-9-18(20)24/h4-9,12,19H,2-3,10-11,13H2,1H3,(H,25,31). The van der Waals surface area contributed by atoms with Crippen molar-refractivity contribution in [2.45, 2.75) is 25.8 Å². The number of carbonyl (C=O) groups excluding carboxylic acids is 1. The Morgan fingerprint density at radius 2 is 2.00 bits per heavy atom. The van der Waals surface area contributed by atoms with Gasteiger partial charge in [-0.1, -0.05) is 28.9 Å². The van der Waals surface area contributed by atoms with Gasteiger partial charge >= 0.3 is 0 Å². The van der Waals surface area contributed by atoms with Crippen molar-refractivity contribution in [2.75, 3.05) is 19.6 Å². The van der Waals surface area contributed by atoms with Gasteiger partial charge < -0.3 is 5.32 Å². The molecule has 9 nitrogen and oxygen atoms in total. The first-order valence-corrected chi connectivity index (χ1v) is 10.9. The second kappa shape index (κ2) is 9.63. The largest absolute Gasteiger partial charge is 0.349 e. The number of benzene rings is 2. The highest BCUT2D eigenvalue weighted by atomic mass is 35.5. The van der Waals surface area contributed by atoms with Gasteiger partial charge in [-0.05, 0) is 51.1 Å². The summed E-state index contributed by atoms with van der Waals surface area (Å²) in [6.45, 7) is 3.36. The van der Waals surface area contributed by atoms with E-state index in [0.717, 1.165) is 25.9 Å². The molecule has 33 heavy (non-hydrogen) atoms. The first-order valence-electron chi connectivity index (χ1n) is 10.5. The van der Waals surface area contributed by atoms with E-state index >= 15 is 0 Å². The number of hydrogen-bond donors (Lipinski definition) is 1. The highest BCUT2D eigenvalue weighted by molar-refractivity contribution is 6.31. The maximum absolute atomic E-state index is 14.6. The van der Waals surface area contributed by atoms with Crippen molar-refractivity contribution in [3.8, 4) is 5.69 Å². The van der Waals surface area contributed by atoms with Crippen LogP contribution in [-0.2, 0) is 0 Å². The lowest BCUT2D eigenvalue weighted by Gasteiger charge is -2.29. The number of nitro benzene ring substituents is 1. The Hall–Kier alpha value is -3.37. The Morgan fingerprint density at radius 3 is 2.70 bits per heavy atom. The predicted molar refractivity (Wildman–Crippen MR) is 120 cm³/mol. The maximum Gasteiger partial charge on any atom is 0.273 e. The van der Waals surface area contributed by atoms with Crippen LogP contribution in [0.5, 0.6) is 0 Å². The van der Waals surface area contributed by atoms with Gasteiger partial charge in [-0.2, -0.15) is 0 Å². The molecule has 3 aromatic rings. The van der Waals surface area contributed by atoms with Crippen LogP contribution in [0.4, 0.5) is 10.1 Å². The maximum atomic E-state index is 14.6. The van der Waals surface area contributed by atoms with E-state index in [9.17, 15) is 19.3 Å². The van der Waals surface area contributed by atoms with E-state index in [1.54, 1.807) is 25.1 Å². The van der Waals surface area contributed by atoms with Gasteiger partial charge in [0.1, 0.15) is 5.82 Å². The van der Waals surface area contributed by atoms with Crippen LogP contribution in [0, 0.1) is 22.9 Å². The van der Waals surface area contributed by atoms with E-state index < -0.39 is 22.7 Å². The molecule has 1 saturated heterocycles. The molecule has 1 aromatic heterocycles. The van der Waals surface area contributed by atoms with Crippen molar-refractivity contribution in [3.05, 3.63) is 80.4 Å². The molecule has 0 radical (unpaired) electrons. The molecule has 0 aliphatic carbocycles. The number of non-ortho nitro benzene ring substituents is 1. The molecule has 1 N–H and O–H groups in total. The SMILES string of the molecule is Cc1c(C(=O)NCC(c2c(F)cccc2Cl)N2CCCC2)nnn1-c1cccc([N+](=O)[O-])c1. The van der Waals surface area contributed by atoms with Crippen LogP contribution >= 0.6 is 11.6 Å². The second-order valence-corrected chi connectivity index (χ2v) is 8.22. The zero-order valence-electron chi connectivity index (χ0n) is 17.9. The van der Waals surface area contributed by atoms with Gasteiger partial charge in [0.2, 0.25) is 0 Å². The summed E-state index contributed by atoms with van der Waals surface area (Å²) in [4.78, 5) is 25.6. The Morgan fingerprint density at radius 1 is 1.27 bits per heavy atom. The van der Waals surface area contributed by atoms with Gasteiger partial charge in [0.25, 0.3) is 11.6 Å². The lowest BCUT2D eigenvalue weighted by Crippen LogP contribution is -2.37.